The van der Waals surface area contributed by atoms with Gasteiger partial charge in [0, 0.05) is 6.42 Å². The van der Waals surface area contributed by atoms with Crippen LogP contribution >= 0.6 is 0 Å². The molecule has 0 aliphatic carbocycles. The number of aliphatic hydroxyl groups is 1. The number of rotatable bonds is 9. The largest absolute Gasteiger partial charge is 0.478 e. The number of esters is 1. The predicted octanol–water partition coefficient (Wildman–Crippen LogP) is 3.47. The predicted molar refractivity (Wildman–Crippen MR) is 82.7 cm³/mol. The molecule has 0 radical (unpaired) electrons. The van der Waals surface area contributed by atoms with Crippen molar-refractivity contribution in [2.24, 2.45) is 5.92 Å². The van der Waals surface area contributed by atoms with Crippen LogP contribution in [0.5, 0.6) is 0 Å². The number of carboxylic acid groups (broad SMARTS) is 1. The van der Waals surface area contributed by atoms with Gasteiger partial charge in [0.25, 0.3) is 0 Å². The lowest BCUT2D eigenvalue weighted by atomic mass is 10.0. The fraction of sp³-hybridized carbons (Fsp3) is 0.529. The summed E-state index contributed by atoms with van der Waals surface area (Å²) < 4.78 is 4.91. The summed E-state index contributed by atoms with van der Waals surface area (Å²) in [6.07, 6.45) is 3.12. The van der Waals surface area contributed by atoms with Gasteiger partial charge in [-0.15, -0.1) is 0 Å². The molecule has 0 fully saturated rings. The topological polar surface area (TPSA) is 83.8 Å². The first kappa shape index (κ1) is 18.2. The summed E-state index contributed by atoms with van der Waals surface area (Å²) in [6.45, 7) is 4.33. The molecule has 1 aromatic rings. The van der Waals surface area contributed by atoms with Crippen molar-refractivity contribution in [1.29, 1.82) is 0 Å². The van der Waals surface area contributed by atoms with Crippen molar-refractivity contribution in [3.05, 3.63) is 35.4 Å². The van der Waals surface area contributed by atoms with E-state index in [0.717, 1.165) is 25.7 Å². The Bertz CT molecular complexity index is 496. The molecule has 2 N–H and O–H groups in total. The molecule has 0 saturated heterocycles. The van der Waals surface area contributed by atoms with Crippen molar-refractivity contribution in [2.75, 3.05) is 0 Å². The average molecular weight is 308 g/mol. The van der Waals surface area contributed by atoms with Gasteiger partial charge in [0.15, 0.2) is 0 Å². The summed E-state index contributed by atoms with van der Waals surface area (Å²) in [6, 6.07) is 5.80. The molecule has 0 saturated carbocycles. The number of aliphatic hydroxyl groups excluding tert-OH is 1. The molecule has 1 rings (SSSR count). The van der Waals surface area contributed by atoms with Gasteiger partial charge in [-0.05, 0) is 24.5 Å². The highest BCUT2D eigenvalue weighted by Crippen LogP contribution is 2.14. The van der Waals surface area contributed by atoms with Gasteiger partial charge in [0.05, 0.1) is 11.1 Å². The fourth-order valence-corrected chi connectivity index (χ4v) is 2.14. The molecule has 1 unspecified atom stereocenters. The van der Waals surface area contributed by atoms with E-state index < -0.39 is 18.2 Å². The number of hydrogen-bond donors (Lipinski definition) is 2. The van der Waals surface area contributed by atoms with Crippen LogP contribution in [-0.2, 0) is 4.74 Å². The summed E-state index contributed by atoms with van der Waals surface area (Å²) in [7, 11) is 0. The number of carbonyl (C=O) groups excluding carboxylic acids is 1. The molecule has 0 heterocycles. The number of hydrogen-bond acceptors (Lipinski definition) is 4. The number of carbonyl (C=O) groups is 2. The standard InChI is InChI=1S/C17H24O5/c1-12(2)8-4-3-5-11-15(18)22-17(21)14-10-7-6-9-13(14)16(19)20/h6-7,9-10,12,15,18H,3-5,8,11H2,1-2H3,(H,19,20). The van der Waals surface area contributed by atoms with Crippen LogP contribution in [0.15, 0.2) is 24.3 Å². The van der Waals surface area contributed by atoms with E-state index >= 15 is 0 Å². The number of aromatic carboxylic acids is 1. The molecule has 122 valence electrons. The first-order valence-corrected chi connectivity index (χ1v) is 7.63. The Kier molecular flexibility index (Phi) is 7.60. The highest BCUT2D eigenvalue weighted by atomic mass is 16.6. The van der Waals surface area contributed by atoms with Gasteiger partial charge in [0.2, 0.25) is 6.29 Å². The third-order valence-electron chi connectivity index (χ3n) is 3.35. The molecule has 1 aromatic carbocycles. The Morgan fingerprint density at radius 3 is 2.23 bits per heavy atom. The summed E-state index contributed by atoms with van der Waals surface area (Å²) >= 11 is 0. The summed E-state index contributed by atoms with van der Waals surface area (Å²) in [4.78, 5) is 23.0. The maximum atomic E-state index is 11.9. The van der Waals surface area contributed by atoms with E-state index in [-0.39, 0.29) is 11.1 Å². The second-order valence-corrected chi connectivity index (χ2v) is 5.74. The van der Waals surface area contributed by atoms with E-state index in [0.29, 0.717) is 12.3 Å². The molecule has 0 bridgehead atoms. The normalized spacial score (nSPS) is 12.2. The first-order chi connectivity index (χ1) is 10.4. The minimum Gasteiger partial charge on any atom is -0.478 e. The van der Waals surface area contributed by atoms with Crippen molar-refractivity contribution in [3.63, 3.8) is 0 Å². The van der Waals surface area contributed by atoms with Crippen LogP contribution in [0.25, 0.3) is 0 Å². The Balaban J connectivity index is 2.43. The molecule has 5 heteroatoms. The third-order valence-corrected chi connectivity index (χ3v) is 3.35. The van der Waals surface area contributed by atoms with Gasteiger partial charge >= 0.3 is 11.9 Å². The molecule has 1 atom stereocenters. The molecule has 0 aliphatic heterocycles. The monoisotopic (exact) mass is 308 g/mol. The zero-order valence-corrected chi connectivity index (χ0v) is 13.1. The Labute approximate surface area is 130 Å². The van der Waals surface area contributed by atoms with Gasteiger partial charge in [-0.2, -0.15) is 0 Å². The van der Waals surface area contributed by atoms with E-state index in [2.05, 4.69) is 13.8 Å². The van der Waals surface area contributed by atoms with Gasteiger partial charge < -0.3 is 14.9 Å². The minimum absolute atomic E-state index is 0.0474. The van der Waals surface area contributed by atoms with Crippen LogP contribution < -0.4 is 0 Å². The summed E-state index contributed by atoms with van der Waals surface area (Å²) in [5, 5.41) is 18.8. The van der Waals surface area contributed by atoms with Crippen LogP contribution in [0.1, 0.15) is 66.7 Å². The van der Waals surface area contributed by atoms with Gasteiger partial charge in [0.1, 0.15) is 0 Å². The molecule has 0 aromatic heterocycles. The van der Waals surface area contributed by atoms with Gasteiger partial charge in [-0.25, -0.2) is 9.59 Å². The third kappa shape index (κ3) is 6.26. The molecular formula is C17H24O5. The van der Waals surface area contributed by atoms with Crippen molar-refractivity contribution >= 4 is 11.9 Å². The highest BCUT2D eigenvalue weighted by Gasteiger charge is 2.19. The van der Waals surface area contributed by atoms with Crippen LogP contribution in [0, 0.1) is 5.92 Å². The highest BCUT2D eigenvalue weighted by molar-refractivity contribution is 6.02. The van der Waals surface area contributed by atoms with Crippen molar-refractivity contribution in [3.8, 4) is 0 Å². The fourth-order valence-electron chi connectivity index (χ4n) is 2.14. The zero-order valence-electron chi connectivity index (χ0n) is 13.1. The Morgan fingerprint density at radius 2 is 1.64 bits per heavy atom. The van der Waals surface area contributed by atoms with Crippen LogP contribution in [0.3, 0.4) is 0 Å². The smallest absolute Gasteiger partial charge is 0.341 e. The zero-order chi connectivity index (χ0) is 16.5. The van der Waals surface area contributed by atoms with E-state index in [9.17, 15) is 14.7 Å². The average Bonchev–Trinajstić information content (AvgIpc) is 2.46. The molecule has 0 spiro atoms. The van der Waals surface area contributed by atoms with E-state index in [4.69, 9.17) is 9.84 Å². The van der Waals surface area contributed by atoms with Gasteiger partial charge in [-0.1, -0.05) is 45.2 Å². The Hall–Kier alpha value is -1.88. The number of ether oxygens (including phenoxy) is 1. The van der Waals surface area contributed by atoms with E-state index in [1.807, 2.05) is 0 Å². The second kappa shape index (κ2) is 9.20. The van der Waals surface area contributed by atoms with Gasteiger partial charge in [-0.3, -0.25) is 0 Å². The second-order valence-electron chi connectivity index (χ2n) is 5.74. The first-order valence-electron chi connectivity index (χ1n) is 7.63. The van der Waals surface area contributed by atoms with Crippen molar-refractivity contribution in [2.45, 2.75) is 52.2 Å². The van der Waals surface area contributed by atoms with Crippen LogP contribution in [0.2, 0.25) is 0 Å². The molecule has 0 aliphatic rings. The molecule has 0 amide bonds. The lowest BCUT2D eigenvalue weighted by molar-refractivity contribution is -0.0695. The SMILES string of the molecule is CC(C)CCCCCC(O)OC(=O)c1ccccc1C(=O)O. The lowest BCUT2D eigenvalue weighted by Crippen LogP contribution is -2.19. The van der Waals surface area contributed by atoms with E-state index in [1.54, 1.807) is 6.07 Å². The molecule has 22 heavy (non-hydrogen) atoms. The number of carboxylic acids is 1. The van der Waals surface area contributed by atoms with Crippen molar-refractivity contribution < 1.29 is 24.5 Å². The Morgan fingerprint density at radius 1 is 1.05 bits per heavy atom. The lowest BCUT2D eigenvalue weighted by Gasteiger charge is -2.13. The minimum atomic E-state index is -1.20. The maximum Gasteiger partial charge on any atom is 0.341 e. The molecular weight excluding hydrogens is 284 g/mol. The molecule has 5 nitrogen and oxygen atoms in total. The number of unbranched alkanes of at least 4 members (excludes halogenated alkanes) is 2. The van der Waals surface area contributed by atoms with Crippen LogP contribution in [0.4, 0.5) is 0 Å². The quantitative estimate of drug-likeness (QED) is 0.414. The van der Waals surface area contributed by atoms with Crippen molar-refractivity contribution in [1.82, 2.24) is 0 Å². The van der Waals surface area contributed by atoms with Crippen LogP contribution in [-0.4, -0.2) is 28.4 Å². The summed E-state index contributed by atoms with van der Waals surface area (Å²) in [5.74, 6) is -1.35. The summed E-state index contributed by atoms with van der Waals surface area (Å²) in [5.41, 5.74) is -0.175. The maximum absolute atomic E-state index is 11.9. The number of benzene rings is 1. The van der Waals surface area contributed by atoms with E-state index in [1.165, 1.54) is 18.2 Å².